The van der Waals surface area contributed by atoms with Gasteiger partial charge in [0.2, 0.25) is 0 Å². The van der Waals surface area contributed by atoms with E-state index in [9.17, 15) is 5.21 Å². The summed E-state index contributed by atoms with van der Waals surface area (Å²) >= 11 is 5.78. The van der Waals surface area contributed by atoms with E-state index in [0.29, 0.717) is 9.89 Å². The van der Waals surface area contributed by atoms with Gasteiger partial charge in [0.1, 0.15) is 11.9 Å². The first-order valence-electron chi connectivity index (χ1n) is 3.67. The maximum Gasteiger partial charge on any atom is 0.180 e. The van der Waals surface area contributed by atoms with Crippen LogP contribution in [0.15, 0.2) is 18.5 Å². The molecule has 0 aliphatic heterocycles. The van der Waals surface area contributed by atoms with E-state index in [1.807, 2.05) is 6.92 Å². The average Bonchev–Trinajstić information content (AvgIpc) is 2.07. The van der Waals surface area contributed by atoms with E-state index < -0.39 is 0 Å². The molecule has 0 unspecified atom stereocenters. The lowest BCUT2D eigenvalue weighted by Crippen LogP contribution is -1.88. The summed E-state index contributed by atoms with van der Waals surface area (Å²) in [5.74, 6) is 0. The third-order valence-electron chi connectivity index (χ3n) is 1.60. The third-order valence-corrected chi connectivity index (χ3v) is 1.99. The number of hydrogen-bond donors (Lipinski definition) is 0. The summed E-state index contributed by atoms with van der Waals surface area (Å²) in [5, 5.41) is 10.9. The van der Waals surface area contributed by atoms with Crippen molar-refractivity contribution in [1.29, 1.82) is 0 Å². The first-order valence-corrected chi connectivity index (χ1v) is 4.05. The van der Waals surface area contributed by atoms with E-state index in [1.54, 1.807) is 18.3 Å². The van der Waals surface area contributed by atoms with Gasteiger partial charge in [0.05, 0.1) is 0 Å². The molecule has 0 spiro atoms. The van der Waals surface area contributed by atoms with Gasteiger partial charge >= 0.3 is 0 Å². The summed E-state index contributed by atoms with van der Waals surface area (Å²) in [5.41, 5.74) is 1.71. The highest BCUT2D eigenvalue weighted by Gasteiger charge is 1.99. The van der Waals surface area contributed by atoms with Crippen molar-refractivity contribution in [1.82, 2.24) is 4.98 Å². The monoisotopic (exact) mass is 196 g/mol. The second kappa shape index (κ2) is 4.05. The molecule has 0 saturated heterocycles. The third kappa shape index (κ3) is 2.56. The van der Waals surface area contributed by atoms with E-state index in [2.05, 4.69) is 11.7 Å². The van der Waals surface area contributed by atoms with Gasteiger partial charge in [0, 0.05) is 12.3 Å². The number of aromatic nitrogens is 1. The van der Waals surface area contributed by atoms with Gasteiger partial charge in [-0.05, 0) is 24.1 Å². The molecule has 13 heavy (non-hydrogen) atoms. The fourth-order valence-corrected chi connectivity index (χ4v) is 1.03. The molecule has 1 heterocycles. The zero-order valence-electron chi connectivity index (χ0n) is 7.20. The van der Waals surface area contributed by atoms with Crippen molar-refractivity contribution >= 4 is 24.4 Å². The Morgan fingerprint density at radius 1 is 1.69 bits per heavy atom. The molecule has 0 amide bonds. The van der Waals surface area contributed by atoms with Crippen molar-refractivity contribution in [2.75, 3.05) is 0 Å². The molecule has 0 aliphatic carbocycles. The molecule has 4 heteroatoms. The maximum atomic E-state index is 10.5. The number of hydrogen-bond acceptors (Lipinski definition) is 2. The molecule has 0 atom stereocenters. The summed E-state index contributed by atoms with van der Waals surface area (Å²) in [7, 11) is 0. The summed E-state index contributed by atoms with van der Waals surface area (Å²) in [6.45, 7) is 4.99. The number of hydroxylamine groups is 1. The molecule has 0 N–H and O–H groups in total. The second-order valence-corrected chi connectivity index (χ2v) is 2.91. The summed E-state index contributed by atoms with van der Waals surface area (Å²) < 4.78 is 0.480. The Morgan fingerprint density at radius 3 is 3.00 bits per heavy atom. The average molecular weight is 197 g/mol. The highest BCUT2D eigenvalue weighted by Crippen LogP contribution is 2.16. The van der Waals surface area contributed by atoms with Crippen LogP contribution in [-0.2, 0) is 0 Å². The smallest absolute Gasteiger partial charge is 0.180 e. The molecule has 1 rings (SSSR count). The van der Waals surface area contributed by atoms with Gasteiger partial charge in [0.25, 0.3) is 0 Å². The largest absolute Gasteiger partial charge is 0.619 e. The van der Waals surface area contributed by atoms with Crippen molar-refractivity contribution in [2.24, 2.45) is 0 Å². The SMILES string of the molecule is C=[N+]([O-])/C=C\c1ccnc(Cl)c1C. The molecular weight excluding hydrogens is 188 g/mol. The number of rotatable bonds is 2. The van der Waals surface area contributed by atoms with Gasteiger partial charge in [-0.1, -0.05) is 11.6 Å². The van der Waals surface area contributed by atoms with Gasteiger partial charge in [-0.2, -0.15) is 4.74 Å². The minimum absolute atomic E-state index is 0.448. The predicted octanol–water partition coefficient (Wildman–Crippen LogP) is 2.23. The normalized spacial score (nSPS) is 10.6. The van der Waals surface area contributed by atoms with Gasteiger partial charge < -0.3 is 5.21 Å². The van der Waals surface area contributed by atoms with Crippen LogP contribution in [0.3, 0.4) is 0 Å². The van der Waals surface area contributed by atoms with Crippen LogP contribution in [0.25, 0.3) is 6.08 Å². The molecule has 0 bridgehead atoms. The Labute approximate surface area is 81.6 Å². The number of nitrogens with zero attached hydrogens (tertiary/aromatic N) is 2. The van der Waals surface area contributed by atoms with E-state index in [-0.39, 0.29) is 0 Å². The number of pyridine rings is 1. The van der Waals surface area contributed by atoms with E-state index in [1.165, 1.54) is 6.20 Å². The van der Waals surface area contributed by atoms with Gasteiger partial charge in [-0.3, -0.25) is 0 Å². The molecule has 1 aromatic heterocycles. The van der Waals surface area contributed by atoms with Crippen molar-refractivity contribution < 1.29 is 4.74 Å². The first kappa shape index (κ1) is 9.74. The van der Waals surface area contributed by atoms with Crippen LogP contribution in [0.4, 0.5) is 0 Å². The van der Waals surface area contributed by atoms with Crippen LogP contribution >= 0.6 is 11.6 Å². The van der Waals surface area contributed by atoms with Crippen molar-refractivity contribution in [3.63, 3.8) is 0 Å². The molecule has 1 aromatic rings. The Kier molecular flexibility index (Phi) is 3.03. The predicted molar refractivity (Wildman–Crippen MR) is 53.8 cm³/mol. The second-order valence-electron chi connectivity index (χ2n) is 2.55. The highest BCUT2D eigenvalue weighted by atomic mass is 35.5. The maximum absolute atomic E-state index is 10.5. The Hall–Kier alpha value is -1.35. The Bertz CT molecular complexity index is 361. The lowest BCUT2D eigenvalue weighted by Gasteiger charge is -2.00. The van der Waals surface area contributed by atoms with E-state index in [4.69, 9.17) is 11.6 Å². The van der Waals surface area contributed by atoms with E-state index in [0.717, 1.165) is 11.1 Å². The van der Waals surface area contributed by atoms with Crippen molar-refractivity contribution in [3.8, 4) is 0 Å². The van der Waals surface area contributed by atoms with Gasteiger partial charge in [0.15, 0.2) is 6.20 Å². The highest BCUT2D eigenvalue weighted by molar-refractivity contribution is 6.30. The van der Waals surface area contributed by atoms with Crippen LogP contribution in [0.2, 0.25) is 5.15 Å². The minimum atomic E-state index is 0.448. The molecule has 68 valence electrons. The fraction of sp³-hybridized carbons (Fsp3) is 0.111. The molecule has 0 saturated carbocycles. The molecule has 0 aromatic carbocycles. The zero-order valence-corrected chi connectivity index (χ0v) is 7.95. The summed E-state index contributed by atoms with van der Waals surface area (Å²) in [6.07, 6.45) is 4.55. The van der Waals surface area contributed by atoms with Crippen LogP contribution in [0.1, 0.15) is 11.1 Å². The summed E-state index contributed by atoms with van der Waals surface area (Å²) in [4.78, 5) is 3.89. The summed E-state index contributed by atoms with van der Waals surface area (Å²) in [6, 6.07) is 1.78. The van der Waals surface area contributed by atoms with Crippen LogP contribution < -0.4 is 0 Å². The van der Waals surface area contributed by atoms with E-state index >= 15 is 0 Å². The first-order chi connectivity index (χ1) is 6.11. The molecule has 3 nitrogen and oxygen atoms in total. The molecule has 0 fully saturated rings. The lowest BCUT2D eigenvalue weighted by atomic mass is 10.1. The molecular formula is C9H9ClN2O. The van der Waals surface area contributed by atoms with Crippen LogP contribution in [0.5, 0.6) is 0 Å². The molecule has 0 radical (unpaired) electrons. The number of halogens is 1. The quantitative estimate of drug-likeness (QED) is 0.239. The van der Waals surface area contributed by atoms with Crippen LogP contribution in [0, 0.1) is 12.1 Å². The topological polar surface area (TPSA) is 39.0 Å². The fourth-order valence-electron chi connectivity index (χ4n) is 0.868. The van der Waals surface area contributed by atoms with Gasteiger partial charge in [-0.25, -0.2) is 4.98 Å². The standard InChI is InChI=1S/C9H9ClN2O/c1-7-8(4-6-12(2)13)3-5-11-9(7)10/h3-6H,2H2,1H3/b6-4-. The Balaban J connectivity index is 3.02. The van der Waals surface area contributed by atoms with Crippen molar-refractivity contribution in [2.45, 2.75) is 6.92 Å². The lowest BCUT2D eigenvalue weighted by molar-refractivity contribution is -0.366. The zero-order chi connectivity index (χ0) is 9.84. The molecule has 0 aliphatic rings. The minimum Gasteiger partial charge on any atom is -0.619 e. The van der Waals surface area contributed by atoms with Crippen LogP contribution in [-0.4, -0.2) is 16.4 Å². The Morgan fingerprint density at radius 2 is 2.38 bits per heavy atom. The van der Waals surface area contributed by atoms with Gasteiger partial charge in [-0.15, -0.1) is 0 Å². The van der Waals surface area contributed by atoms with Crippen molar-refractivity contribution in [3.05, 3.63) is 40.0 Å².